The number of amides is 4. The SMILES string of the molecule is CCC(CC)CNC(=O)Cn1cccc(NC(=O)C(CCC(=O)C(=O)NC)NC(=O)CCC(=O)O)c1=O. The van der Waals surface area contributed by atoms with Crippen LogP contribution in [0.4, 0.5) is 5.69 Å². The van der Waals surface area contributed by atoms with Crippen LogP contribution in [0.1, 0.15) is 52.4 Å². The Balaban J connectivity index is 2.96. The first-order chi connectivity index (χ1) is 17.5. The summed E-state index contributed by atoms with van der Waals surface area (Å²) in [5.41, 5.74) is -0.825. The predicted octanol–water partition coefficient (Wildman–Crippen LogP) is -0.216. The zero-order valence-electron chi connectivity index (χ0n) is 21.3. The van der Waals surface area contributed by atoms with E-state index < -0.39 is 53.9 Å². The van der Waals surface area contributed by atoms with E-state index in [2.05, 4.69) is 21.3 Å². The number of hydrogen-bond donors (Lipinski definition) is 5. The Morgan fingerprint density at radius 3 is 2.27 bits per heavy atom. The Morgan fingerprint density at radius 2 is 1.68 bits per heavy atom. The number of carbonyl (C=O) groups excluding carboxylic acids is 5. The Kier molecular flexibility index (Phi) is 13.3. The van der Waals surface area contributed by atoms with Gasteiger partial charge in [0.1, 0.15) is 18.3 Å². The zero-order chi connectivity index (χ0) is 28.0. The first-order valence-electron chi connectivity index (χ1n) is 12.0. The highest BCUT2D eigenvalue weighted by molar-refractivity contribution is 6.36. The van der Waals surface area contributed by atoms with E-state index in [1.54, 1.807) is 0 Å². The van der Waals surface area contributed by atoms with Gasteiger partial charge in [0.15, 0.2) is 0 Å². The molecule has 1 atom stereocenters. The lowest BCUT2D eigenvalue weighted by molar-refractivity contribution is -0.139. The highest BCUT2D eigenvalue weighted by Crippen LogP contribution is 2.07. The molecule has 0 aliphatic carbocycles. The average Bonchev–Trinajstić information content (AvgIpc) is 2.87. The van der Waals surface area contributed by atoms with Gasteiger partial charge in [-0.15, -0.1) is 0 Å². The van der Waals surface area contributed by atoms with E-state index in [-0.39, 0.29) is 31.0 Å². The summed E-state index contributed by atoms with van der Waals surface area (Å²) in [6.45, 7) is 4.26. The molecule has 0 aliphatic rings. The highest BCUT2D eigenvalue weighted by atomic mass is 16.4. The lowest BCUT2D eigenvalue weighted by atomic mass is 10.0. The molecule has 0 radical (unpaired) electrons. The fourth-order valence-electron chi connectivity index (χ4n) is 3.31. The maximum absolute atomic E-state index is 12.9. The van der Waals surface area contributed by atoms with Crippen LogP contribution in [0.25, 0.3) is 0 Å². The minimum atomic E-state index is -1.33. The van der Waals surface area contributed by atoms with Crippen molar-refractivity contribution in [3.63, 3.8) is 0 Å². The highest BCUT2D eigenvalue weighted by Gasteiger charge is 2.24. The monoisotopic (exact) mass is 521 g/mol. The zero-order valence-corrected chi connectivity index (χ0v) is 21.3. The lowest BCUT2D eigenvalue weighted by Gasteiger charge is -2.18. The number of ketones is 1. The summed E-state index contributed by atoms with van der Waals surface area (Å²) < 4.78 is 1.12. The number of carboxylic acids is 1. The van der Waals surface area contributed by atoms with Crippen LogP contribution >= 0.6 is 0 Å². The van der Waals surface area contributed by atoms with Crippen molar-refractivity contribution in [1.29, 1.82) is 0 Å². The molecule has 0 spiro atoms. The minimum Gasteiger partial charge on any atom is -0.481 e. The number of nitrogens with one attached hydrogen (secondary N) is 4. The van der Waals surface area contributed by atoms with Crippen molar-refractivity contribution >= 4 is 41.1 Å². The third-order valence-corrected chi connectivity index (χ3v) is 5.69. The molecule has 37 heavy (non-hydrogen) atoms. The normalized spacial score (nSPS) is 11.4. The van der Waals surface area contributed by atoms with Gasteiger partial charge in [0.2, 0.25) is 23.5 Å². The standard InChI is InChI=1S/C24H35N5O8/c1-4-15(5-2)13-26-20(32)14-29-12-6-7-17(24(29)37)28-22(35)16(8-9-18(30)23(36)25-3)27-19(31)10-11-21(33)34/h6-7,12,15-16H,4-5,8-11,13-14H2,1-3H3,(H,25,36)(H,26,32)(H,27,31)(H,28,35)(H,33,34). The van der Waals surface area contributed by atoms with E-state index in [0.717, 1.165) is 17.4 Å². The molecule has 0 saturated heterocycles. The second kappa shape index (κ2) is 15.9. The van der Waals surface area contributed by atoms with Crippen molar-refractivity contribution in [2.75, 3.05) is 18.9 Å². The van der Waals surface area contributed by atoms with Gasteiger partial charge in [-0.1, -0.05) is 26.7 Å². The first kappa shape index (κ1) is 31.0. The van der Waals surface area contributed by atoms with Crippen LogP contribution in [0.3, 0.4) is 0 Å². The summed E-state index contributed by atoms with van der Waals surface area (Å²) in [6, 6.07) is 1.45. The van der Waals surface area contributed by atoms with E-state index in [1.807, 2.05) is 13.8 Å². The average molecular weight is 522 g/mol. The number of aliphatic carboxylic acids is 1. The van der Waals surface area contributed by atoms with E-state index in [0.29, 0.717) is 12.5 Å². The van der Waals surface area contributed by atoms with E-state index in [9.17, 15) is 33.6 Å². The van der Waals surface area contributed by atoms with Crippen molar-refractivity contribution in [2.24, 2.45) is 5.92 Å². The summed E-state index contributed by atoms with van der Waals surface area (Å²) in [7, 11) is 1.27. The molecule has 0 aliphatic heterocycles. The molecule has 13 nitrogen and oxygen atoms in total. The number of rotatable bonds is 16. The summed E-state index contributed by atoms with van der Waals surface area (Å²) >= 11 is 0. The number of Topliss-reactive ketones (excluding diaryl/α,β-unsaturated/α-hetero) is 1. The molecule has 204 valence electrons. The van der Waals surface area contributed by atoms with Crippen LogP contribution in [0.2, 0.25) is 0 Å². The molecular formula is C24H35N5O8. The summed E-state index contributed by atoms with van der Waals surface area (Å²) in [6.07, 6.45) is 1.67. The van der Waals surface area contributed by atoms with Crippen LogP contribution < -0.4 is 26.8 Å². The number of pyridine rings is 1. The van der Waals surface area contributed by atoms with Crippen molar-refractivity contribution in [2.45, 2.75) is 65.0 Å². The molecule has 4 amide bonds. The number of likely N-dealkylation sites (N-methyl/N-ethyl adjacent to an activating group) is 1. The molecule has 1 rings (SSSR count). The van der Waals surface area contributed by atoms with Gasteiger partial charge in [0.05, 0.1) is 6.42 Å². The molecule has 0 fully saturated rings. The van der Waals surface area contributed by atoms with Crippen LogP contribution in [-0.2, 0) is 35.3 Å². The molecule has 5 N–H and O–H groups in total. The van der Waals surface area contributed by atoms with E-state index in [1.165, 1.54) is 25.4 Å². The molecule has 13 heteroatoms. The Bertz CT molecular complexity index is 1050. The number of anilines is 1. The third-order valence-electron chi connectivity index (χ3n) is 5.69. The molecule has 1 aromatic heterocycles. The fourth-order valence-corrected chi connectivity index (χ4v) is 3.31. The maximum atomic E-state index is 12.9. The van der Waals surface area contributed by atoms with Gasteiger partial charge >= 0.3 is 5.97 Å². The Hall–Kier alpha value is -4.03. The summed E-state index contributed by atoms with van der Waals surface area (Å²) in [5, 5.41) is 18.4. The molecule has 1 aromatic rings. The van der Waals surface area contributed by atoms with Crippen LogP contribution in [0.15, 0.2) is 23.1 Å². The maximum Gasteiger partial charge on any atom is 0.303 e. The predicted molar refractivity (Wildman–Crippen MR) is 134 cm³/mol. The largest absolute Gasteiger partial charge is 0.481 e. The topological polar surface area (TPSA) is 193 Å². The van der Waals surface area contributed by atoms with Gasteiger partial charge in [-0.2, -0.15) is 0 Å². The van der Waals surface area contributed by atoms with E-state index in [4.69, 9.17) is 5.11 Å². The van der Waals surface area contributed by atoms with Crippen molar-refractivity contribution in [1.82, 2.24) is 20.5 Å². The van der Waals surface area contributed by atoms with Crippen molar-refractivity contribution < 1.29 is 33.9 Å². The number of nitrogens with zero attached hydrogens (tertiary/aromatic N) is 1. The van der Waals surface area contributed by atoms with Crippen LogP contribution in [-0.4, -0.2) is 64.7 Å². The molecule has 1 unspecified atom stereocenters. The van der Waals surface area contributed by atoms with Crippen molar-refractivity contribution in [3.8, 4) is 0 Å². The lowest BCUT2D eigenvalue weighted by Crippen LogP contribution is -2.45. The van der Waals surface area contributed by atoms with Crippen molar-refractivity contribution in [3.05, 3.63) is 28.7 Å². The summed E-state index contributed by atoms with van der Waals surface area (Å²) in [4.78, 5) is 84.2. The van der Waals surface area contributed by atoms with E-state index >= 15 is 0 Å². The third kappa shape index (κ3) is 11.1. The van der Waals surface area contributed by atoms with Gasteiger partial charge in [-0.25, -0.2) is 0 Å². The minimum absolute atomic E-state index is 0.164. The number of hydrogen-bond acceptors (Lipinski definition) is 7. The van der Waals surface area contributed by atoms with Gasteiger partial charge in [0.25, 0.3) is 11.5 Å². The molecule has 1 heterocycles. The Morgan fingerprint density at radius 1 is 1.00 bits per heavy atom. The Labute approximate surface area is 214 Å². The fraction of sp³-hybridized carbons (Fsp3) is 0.542. The molecule has 0 saturated carbocycles. The second-order valence-electron chi connectivity index (χ2n) is 8.39. The quantitative estimate of drug-likeness (QED) is 0.184. The van der Waals surface area contributed by atoms with Gasteiger partial charge in [-0.05, 0) is 24.5 Å². The summed E-state index contributed by atoms with van der Waals surface area (Å²) in [5.74, 6) is -4.54. The molecule has 0 bridgehead atoms. The smallest absolute Gasteiger partial charge is 0.303 e. The van der Waals surface area contributed by atoms with Gasteiger partial charge in [0, 0.05) is 32.6 Å². The number of carbonyl (C=O) groups is 6. The van der Waals surface area contributed by atoms with Crippen LogP contribution in [0, 0.1) is 5.92 Å². The van der Waals surface area contributed by atoms with Crippen LogP contribution in [0.5, 0.6) is 0 Å². The van der Waals surface area contributed by atoms with Gasteiger partial charge in [-0.3, -0.25) is 33.6 Å². The molecular weight excluding hydrogens is 486 g/mol. The number of aromatic nitrogens is 1. The number of carboxylic acid groups (broad SMARTS) is 1. The molecule has 0 aromatic carbocycles. The first-order valence-corrected chi connectivity index (χ1v) is 12.0. The second-order valence-corrected chi connectivity index (χ2v) is 8.39. The van der Waals surface area contributed by atoms with Gasteiger partial charge < -0.3 is 30.9 Å².